The molecule has 1 N–H and O–H groups in total. The Morgan fingerprint density at radius 2 is 2.17 bits per heavy atom. The fourth-order valence-corrected chi connectivity index (χ4v) is 1.69. The number of halogens is 2. The summed E-state index contributed by atoms with van der Waals surface area (Å²) in [5.74, 6) is 0. The van der Waals surface area contributed by atoms with Crippen LogP contribution in [0.4, 0.5) is 10.1 Å². The maximum atomic E-state index is 12.2. The van der Waals surface area contributed by atoms with E-state index in [1.165, 1.54) is 0 Å². The van der Waals surface area contributed by atoms with Gasteiger partial charge in [0, 0.05) is 13.2 Å². The fraction of sp³-hybridized carbons (Fsp3) is 0.455. The van der Waals surface area contributed by atoms with Gasteiger partial charge in [-0.25, -0.2) is 4.39 Å². The average Bonchev–Trinajstić information content (AvgIpc) is 2.86. The van der Waals surface area contributed by atoms with E-state index in [9.17, 15) is 4.39 Å². The smallest absolute Gasteiger partial charge is 0.109 e. The van der Waals surface area contributed by atoms with E-state index in [2.05, 4.69) is 15.5 Å². The molecule has 0 aliphatic heterocycles. The van der Waals surface area contributed by atoms with E-state index < -0.39 is 6.67 Å². The van der Waals surface area contributed by atoms with Crippen LogP contribution in [0.15, 0.2) is 18.5 Å². The number of nitrogens with one attached hydrogen (secondary N) is 1. The fourth-order valence-electron chi connectivity index (χ4n) is 1.69. The van der Waals surface area contributed by atoms with Crippen molar-refractivity contribution >= 4 is 18.1 Å². The molecule has 0 saturated heterocycles. The van der Waals surface area contributed by atoms with Crippen molar-refractivity contribution in [2.45, 2.75) is 20.0 Å². The molecule has 7 heteroatoms. The van der Waals surface area contributed by atoms with E-state index in [-0.39, 0.29) is 12.4 Å². The summed E-state index contributed by atoms with van der Waals surface area (Å²) in [7, 11) is 1.90. The number of aryl methyl sites for hydroxylation is 2. The molecule has 0 radical (unpaired) electrons. The molecule has 0 aromatic carbocycles. The Hall–Kier alpha value is -1.56. The second-order valence-electron chi connectivity index (χ2n) is 3.86. The summed E-state index contributed by atoms with van der Waals surface area (Å²) >= 11 is 0. The summed E-state index contributed by atoms with van der Waals surface area (Å²) in [6.45, 7) is 2.51. The summed E-state index contributed by atoms with van der Waals surface area (Å²) in [4.78, 5) is 0. The molecule has 0 atom stereocenters. The largest absolute Gasteiger partial charge is 0.377 e. The van der Waals surface area contributed by atoms with Crippen molar-refractivity contribution in [2.24, 2.45) is 7.05 Å². The number of anilines is 1. The van der Waals surface area contributed by atoms with Crippen LogP contribution >= 0.6 is 12.4 Å². The zero-order valence-electron chi connectivity index (χ0n) is 10.4. The van der Waals surface area contributed by atoms with Crippen molar-refractivity contribution < 1.29 is 4.39 Å². The number of nitrogens with zero attached hydrogens (tertiary/aromatic N) is 4. The van der Waals surface area contributed by atoms with E-state index in [1.54, 1.807) is 17.1 Å². The molecule has 0 aliphatic rings. The number of hydrogen-bond acceptors (Lipinski definition) is 3. The highest BCUT2D eigenvalue weighted by atomic mass is 35.5. The van der Waals surface area contributed by atoms with E-state index in [4.69, 9.17) is 0 Å². The molecule has 2 aromatic heterocycles. The average molecular weight is 274 g/mol. The van der Waals surface area contributed by atoms with Crippen LogP contribution in [0.25, 0.3) is 0 Å². The first-order valence-corrected chi connectivity index (χ1v) is 5.51. The van der Waals surface area contributed by atoms with Gasteiger partial charge < -0.3 is 5.32 Å². The molecule has 100 valence electrons. The molecule has 2 aromatic rings. The third-order valence-corrected chi connectivity index (χ3v) is 2.78. The minimum atomic E-state index is -0.399. The third kappa shape index (κ3) is 3.01. The lowest BCUT2D eigenvalue weighted by Gasteiger charge is -2.06. The van der Waals surface area contributed by atoms with Crippen LogP contribution in [-0.4, -0.2) is 26.2 Å². The second kappa shape index (κ2) is 6.39. The molecule has 2 heterocycles. The van der Waals surface area contributed by atoms with Gasteiger partial charge in [-0.05, 0) is 13.0 Å². The van der Waals surface area contributed by atoms with Crippen molar-refractivity contribution in [2.75, 3.05) is 12.0 Å². The molecular formula is C11H17ClFN5. The molecule has 0 amide bonds. The predicted molar refractivity (Wildman–Crippen MR) is 70.7 cm³/mol. The van der Waals surface area contributed by atoms with Gasteiger partial charge in [0.1, 0.15) is 6.67 Å². The molecule has 18 heavy (non-hydrogen) atoms. The summed E-state index contributed by atoms with van der Waals surface area (Å²) in [5, 5.41) is 11.5. The molecule has 0 unspecified atom stereocenters. The van der Waals surface area contributed by atoms with Crippen LogP contribution in [-0.2, 0) is 20.1 Å². The van der Waals surface area contributed by atoms with Crippen LogP contribution in [0, 0.1) is 6.92 Å². The van der Waals surface area contributed by atoms with Gasteiger partial charge in [0.2, 0.25) is 0 Å². The lowest BCUT2D eigenvalue weighted by Crippen LogP contribution is -2.07. The monoisotopic (exact) mass is 273 g/mol. The molecule has 5 nitrogen and oxygen atoms in total. The van der Waals surface area contributed by atoms with E-state index in [0.29, 0.717) is 13.1 Å². The summed E-state index contributed by atoms with van der Waals surface area (Å²) < 4.78 is 15.7. The minimum Gasteiger partial charge on any atom is -0.377 e. The SMILES string of the molecule is Cc1c(NCc2ccnn2C)cnn1CCF.Cl. The van der Waals surface area contributed by atoms with Crippen LogP contribution in [0.2, 0.25) is 0 Å². The Morgan fingerprint density at radius 3 is 2.78 bits per heavy atom. The first-order chi connectivity index (χ1) is 8.22. The molecule has 2 rings (SSSR count). The summed E-state index contributed by atoms with van der Waals surface area (Å²) in [6, 6.07) is 1.95. The number of rotatable bonds is 5. The van der Waals surface area contributed by atoms with Gasteiger partial charge in [-0.15, -0.1) is 12.4 Å². The first-order valence-electron chi connectivity index (χ1n) is 5.51. The number of alkyl halides is 1. The standard InChI is InChI=1S/C11H16FN5.ClH/c1-9-11(8-15-17(9)6-4-12)13-7-10-3-5-14-16(10)2;/h3,5,8,13H,4,6-7H2,1-2H3;1H. The Bertz CT molecular complexity index is 493. The maximum absolute atomic E-state index is 12.2. The van der Waals surface area contributed by atoms with Gasteiger partial charge in [-0.1, -0.05) is 0 Å². The first kappa shape index (κ1) is 14.5. The molecule has 0 spiro atoms. The maximum Gasteiger partial charge on any atom is 0.109 e. The lowest BCUT2D eigenvalue weighted by atomic mass is 10.3. The van der Waals surface area contributed by atoms with Crippen LogP contribution in [0.3, 0.4) is 0 Å². The Labute approximate surface area is 111 Å². The van der Waals surface area contributed by atoms with Gasteiger partial charge in [-0.3, -0.25) is 9.36 Å². The van der Waals surface area contributed by atoms with Crippen LogP contribution in [0.1, 0.15) is 11.4 Å². The van der Waals surface area contributed by atoms with Crippen molar-refractivity contribution in [1.29, 1.82) is 0 Å². The Morgan fingerprint density at radius 1 is 1.39 bits per heavy atom. The van der Waals surface area contributed by atoms with Gasteiger partial charge >= 0.3 is 0 Å². The topological polar surface area (TPSA) is 47.7 Å². The molecular weight excluding hydrogens is 257 g/mol. The van der Waals surface area contributed by atoms with E-state index in [1.807, 2.05) is 24.7 Å². The molecule has 0 saturated carbocycles. The highest BCUT2D eigenvalue weighted by Crippen LogP contribution is 2.14. The third-order valence-electron chi connectivity index (χ3n) is 2.78. The van der Waals surface area contributed by atoms with Crippen molar-refractivity contribution in [3.05, 3.63) is 29.8 Å². The Balaban J connectivity index is 0.00000162. The van der Waals surface area contributed by atoms with Gasteiger partial charge in [0.05, 0.1) is 36.4 Å². The van der Waals surface area contributed by atoms with Gasteiger partial charge in [-0.2, -0.15) is 10.2 Å². The molecule has 0 bridgehead atoms. The predicted octanol–water partition coefficient (Wildman–Crippen LogP) is 1.93. The van der Waals surface area contributed by atoms with Crippen LogP contribution in [0.5, 0.6) is 0 Å². The summed E-state index contributed by atoms with van der Waals surface area (Å²) in [6.07, 6.45) is 3.48. The summed E-state index contributed by atoms with van der Waals surface area (Å²) in [5.41, 5.74) is 2.96. The van der Waals surface area contributed by atoms with Gasteiger partial charge in [0.25, 0.3) is 0 Å². The zero-order chi connectivity index (χ0) is 12.3. The second-order valence-corrected chi connectivity index (χ2v) is 3.86. The minimum absolute atomic E-state index is 0. The normalized spacial score (nSPS) is 10.2. The van der Waals surface area contributed by atoms with Gasteiger partial charge in [0.15, 0.2) is 0 Å². The Kier molecular flexibility index (Phi) is 5.15. The lowest BCUT2D eigenvalue weighted by molar-refractivity contribution is 0.423. The van der Waals surface area contributed by atoms with Crippen molar-refractivity contribution in [1.82, 2.24) is 19.6 Å². The number of hydrogen-bond donors (Lipinski definition) is 1. The zero-order valence-corrected chi connectivity index (χ0v) is 11.2. The van der Waals surface area contributed by atoms with Crippen LogP contribution < -0.4 is 5.32 Å². The molecule has 0 fully saturated rings. The molecule has 0 aliphatic carbocycles. The highest BCUT2D eigenvalue weighted by Gasteiger charge is 2.06. The quantitative estimate of drug-likeness (QED) is 0.906. The van der Waals surface area contributed by atoms with Crippen molar-refractivity contribution in [3.8, 4) is 0 Å². The van der Waals surface area contributed by atoms with E-state index in [0.717, 1.165) is 17.1 Å². The van der Waals surface area contributed by atoms with Crippen molar-refractivity contribution in [3.63, 3.8) is 0 Å². The number of aromatic nitrogens is 4. The highest BCUT2D eigenvalue weighted by molar-refractivity contribution is 5.85. The van der Waals surface area contributed by atoms with E-state index >= 15 is 0 Å².